The van der Waals surface area contributed by atoms with E-state index < -0.39 is 16.1 Å². The largest absolute Gasteiger partial charge is 0.507 e. The summed E-state index contributed by atoms with van der Waals surface area (Å²) in [6.07, 6.45) is 0. The second-order valence-corrected chi connectivity index (χ2v) is 9.83. The highest BCUT2D eigenvalue weighted by molar-refractivity contribution is 7.89. The normalized spacial score (nSPS) is 12.1. The van der Waals surface area contributed by atoms with Crippen molar-refractivity contribution >= 4 is 10.0 Å². The highest BCUT2D eigenvalue weighted by Crippen LogP contribution is 2.41. The zero-order valence-electron chi connectivity index (χ0n) is 20.1. The predicted molar refractivity (Wildman–Crippen MR) is 138 cm³/mol. The van der Waals surface area contributed by atoms with Crippen molar-refractivity contribution in [3.05, 3.63) is 108 Å². The summed E-state index contributed by atoms with van der Waals surface area (Å²) < 4.78 is 46.3. The van der Waals surface area contributed by atoms with Gasteiger partial charge in [0, 0.05) is 12.1 Å². The van der Waals surface area contributed by atoms with E-state index in [1.807, 2.05) is 37.3 Å². The highest BCUT2D eigenvalue weighted by Gasteiger charge is 2.29. The van der Waals surface area contributed by atoms with E-state index in [2.05, 4.69) is 4.72 Å². The first kappa shape index (κ1) is 25.1. The van der Waals surface area contributed by atoms with Gasteiger partial charge < -0.3 is 19.3 Å². The van der Waals surface area contributed by atoms with E-state index >= 15 is 0 Å². The van der Waals surface area contributed by atoms with Crippen LogP contribution in [0, 0.1) is 6.92 Å². The summed E-state index contributed by atoms with van der Waals surface area (Å²) in [5, 5.41) is 10.9. The molecular weight excluding hydrogens is 478 g/mol. The van der Waals surface area contributed by atoms with E-state index in [-0.39, 0.29) is 22.0 Å². The molecule has 8 heteroatoms. The number of rotatable bonds is 9. The Morgan fingerprint density at radius 3 is 2.14 bits per heavy atom. The Labute approximate surface area is 211 Å². The third-order valence-electron chi connectivity index (χ3n) is 5.61. The van der Waals surface area contributed by atoms with Gasteiger partial charge in [-0.05, 0) is 48.9 Å². The van der Waals surface area contributed by atoms with Crippen LogP contribution in [-0.4, -0.2) is 27.7 Å². The fourth-order valence-corrected chi connectivity index (χ4v) is 4.98. The van der Waals surface area contributed by atoms with Crippen LogP contribution in [0.25, 0.3) is 0 Å². The molecule has 4 aromatic carbocycles. The maximum absolute atomic E-state index is 13.4. The van der Waals surface area contributed by atoms with Crippen molar-refractivity contribution in [2.24, 2.45) is 0 Å². The lowest BCUT2D eigenvalue weighted by Gasteiger charge is -2.24. The minimum atomic E-state index is -3.99. The van der Waals surface area contributed by atoms with Gasteiger partial charge in [-0.15, -0.1) is 0 Å². The average Bonchev–Trinajstić information content (AvgIpc) is 2.88. The molecule has 36 heavy (non-hydrogen) atoms. The van der Waals surface area contributed by atoms with Crippen molar-refractivity contribution in [2.75, 3.05) is 14.2 Å². The lowest BCUT2D eigenvalue weighted by atomic mass is 9.97. The standard InChI is InChI=1S/C28H27NO6S/c1-19-12-14-24(15-13-19)36(31,32)29-28(27-25(30)17-23(33-2)18-26(27)34-3)20-8-7-11-22(16-20)35-21-9-5-4-6-10-21/h4-18,28-30H,1-3H3. The monoisotopic (exact) mass is 505 g/mol. The first-order valence-electron chi connectivity index (χ1n) is 11.2. The van der Waals surface area contributed by atoms with Crippen LogP contribution in [0.2, 0.25) is 0 Å². The molecule has 0 heterocycles. The SMILES string of the molecule is COc1cc(O)c(C(NS(=O)(=O)c2ccc(C)cc2)c2cccc(Oc3ccccc3)c2)c(OC)c1. The van der Waals surface area contributed by atoms with Crippen LogP contribution >= 0.6 is 0 Å². The number of benzene rings is 4. The molecule has 0 bridgehead atoms. The second kappa shape index (κ2) is 10.7. The Kier molecular flexibility index (Phi) is 7.47. The molecule has 0 aromatic heterocycles. The summed E-state index contributed by atoms with van der Waals surface area (Å²) in [5.41, 5.74) is 1.72. The van der Waals surface area contributed by atoms with Gasteiger partial charge in [0.25, 0.3) is 0 Å². The quantitative estimate of drug-likeness (QED) is 0.309. The Morgan fingerprint density at radius 1 is 0.778 bits per heavy atom. The summed E-state index contributed by atoms with van der Waals surface area (Å²) in [6, 6.07) is 24.8. The van der Waals surface area contributed by atoms with Crippen molar-refractivity contribution < 1.29 is 27.7 Å². The lowest BCUT2D eigenvalue weighted by Crippen LogP contribution is -2.30. The van der Waals surface area contributed by atoms with E-state index in [0.717, 1.165) is 5.56 Å². The molecule has 0 saturated carbocycles. The van der Waals surface area contributed by atoms with Gasteiger partial charge in [-0.2, -0.15) is 4.72 Å². The lowest BCUT2D eigenvalue weighted by molar-refractivity contribution is 0.376. The fraction of sp³-hybridized carbons (Fsp3) is 0.143. The van der Waals surface area contributed by atoms with Gasteiger partial charge in [0.05, 0.1) is 30.7 Å². The Morgan fingerprint density at radius 2 is 1.47 bits per heavy atom. The van der Waals surface area contributed by atoms with Gasteiger partial charge in [-0.25, -0.2) is 8.42 Å². The summed E-state index contributed by atoms with van der Waals surface area (Å²) in [5.74, 6) is 1.59. The number of phenols is 1. The summed E-state index contributed by atoms with van der Waals surface area (Å²) in [7, 11) is -1.08. The predicted octanol–water partition coefficient (Wildman–Crippen LogP) is 5.58. The van der Waals surface area contributed by atoms with Crippen LogP contribution in [0.1, 0.15) is 22.7 Å². The number of aryl methyl sites for hydroxylation is 1. The fourth-order valence-electron chi connectivity index (χ4n) is 3.78. The molecule has 4 aromatic rings. The summed E-state index contributed by atoms with van der Waals surface area (Å²) >= 11 is 0. The van der Waals surface area contributed by atoms with Gasteiger partial charge >= 0.3 is 0 Å². The van der Waals surface area contributed by atoms with Gasteiger partial charge in [0.15, 0.2) is 0 Å². The Balaban J connectivity index is 1.82. The molecule has 7 nitrogen and oxygen atoms in total. The molecule has 0 spiro atoms. The van der Waals surface area contributed by atoms with E-state index in [9.17, 15) is 13.5 Å². The Hall–Kier alpha value is -4.01. The van der Waals surface area contributed by atoms with Crippen LogP contribution in [0.15, 0.2) is 95.9 Å². The number of hydrogen-bond acceptors (Lipinski definition) is 6. The number of sulfonamides is 1. The minimum Gasteiger partial charge on any atom is -0.507 e. The van der Waals surface area contributed by atoms with E-state index in [0.29, 0.717) is 22.8 Å². The molecule has 0 aliphatic rings. The van der Waals surface area contributed by atoms with Crippen molar-refractivity contribution in [3.8, 4) is 28.7 Å². The molecule has 1 unspecified atom stereocenters. The number of hydrogen-bond donors (Lipinski definition) is 2. The molecule has 0 radical (unpaired) electrons. The summed E-state index contributed by atoms with van der Waals surface area (Å²) in [6.45, 7) is 1.88. The van der Waals surface area contributed by atoms with E-state index in [1.165, 1.54) is 32.4 Å². The first-order chi connectivity index (χ1) is 17.3. The minimum absolute atomic E-state index is 0.0989. The first-order valence-corrected chi connectivity index (χ1v) is 12.7. The van der Waals surface area contributed by atoms with Crippen molar-refractivity contribution in [1.82, 2.24) is 4.72 Å². The van der Waals surface area contributed by atoms with Crippen molar-refractivity contribution in [1.29, 1.82) is 0 Å². The summed E-state index contributed by atoms with van der Waals surface area (Å²) in [4.78, 5) is 0.0989. The number of nitrogens with one attached hydrogen (secondary N) is 1. The third kappa shape index (κ3) is 5.62. The number of aromatic hydroxyl groups is 1. The molecule has 2 N–H and O–H groups in total. The van der Waals surface area contributed by atoms with Crippen molar-refractivity contribution in [2.45, 2.75) is 17.9 Å². The molecule has 0 amide bonds. The van der Waals surface area contributed by atoms with Crippen molar-refractivity contribution in [3.63, 3.8) is 0 Å². The third-order valence-corrected chi connectivity index (χ3v) is 7.05. The van der Waals surface area contributed by atoms with Crippen LogP contribution in [0.3, 0.4) is 0 Å². The molecular formula is C28H27NO6S. The van der Waals surface area contributed by atoms with Crippen LogP contribution < -0.4 is 18.9 Å². The number of phenolic OH excluding ortho intramolecular Hbond substituents is 1. The molecule has 4 rings (SSSR count). The Bertz CT molecular complexity index is 1440. The molecule has 0 aliphatic heterocycles. The molecule has 0 aliphatic carbocycles. The van der Waals surface area contributed by atoms with E-state index in [4.69, 9.17) is 14.2 Å². The van der Waals surface area contributed by atoms with Crippen LogP contribution in [0.5, 0.6) is 28.7 Å². The molecule has 1 atom stereocenters. The molecule has 0 fully saturated rings. The van der Waals surface area contributed by atoms with Crippen LogP contribution in [0.4, 0.5) is 0 Å². The second-order valence-electron chi connectivity index (χ2n) is 8.12. The number of ether oxygens (including phenoxy) is 3. The average molecular weight is 506 g/mol. The van der Waals surface area contributed by atoms with Gasteiger partial charge in [0.1, 0.15) is 28.7 Å². The van der Waals surface area contributed by atoms with Gasteiger partial charge in [-0.3, -0.25) is 0 Å². The van der Waals surface area contributed by atoms with Gasteiger partial charge in [0.2, 0.25) is 10.0 Å². The zero-order chi connectivity index (χ0) is 25.7. The van der Waals surface area contributed by atoms with Gasteiger partial charge in [-0.1, -0.05) is 48.0 Å². The number of methoxy groups -OCH3 is 2. The molecule has 0 saturated heterocycles. The maximum atomic E-state index is 13.4. The zero-order valence-corrected chi connectivity index (χ0v) is 21.0. The highest BCUT2D eigenvalue weighted by atomic mass is 32.2. The van der Waals surface area contributed by atoms with E-state index in [1.54, 1.807) is 42.5 Å². The topological polar surface area (TPSA) is 94.1 Å². The maximum Gasteiger partial charge on any atom is 0.241 e. The number of para-hydroxylation sites is 1. The molecule has 186 valence electrons. The smallest absolute Gasteiger partial charge is 0.241 e. The van der Waals surface area contributed by atoms with Crippen LogP contribution in [-0.2, 0) is 10.0 Å².